The number of ether oxygens (including phenoxy) is 3. The van der Waals surface area contributed by atoms with Crippen LogP contribution in [0.25, 0.3) is 0 Å². The van der Waals surface area contributed by atoms with E-state index in [9.17, 15) is 9.18 Å². The number of carbonyl (C=O) groups is 1. The zero-order chi connectivity index (χ0) is 23.0. The highest BCUT2D eigenvalue weighted by Crippen LogP contribution is 2.30. The summed E-state index contributed by atoms with van der Waals surface area (Å²) < 4.78 is 30.7. The molecule has 2 heterocycles. The summed E-state index contributed by atoms with van der Waals surface area (Å²) in [6, 6.07) is 12.1. The maximum absolute atomic E-state index is 13.6. The molecule has 1 amide bonds. The van der Waals surface area contributed by atoms with Crippen LogP contribution in [0.4, 0.5) is 4.39 Å². The fourth-order valence-electron chi connectivity index (χ4n) is 4.61. The van der Waals surface area contributed by atoms with Gasteiger partial charge in [0.1, 0.15) is 5.82 Å². The monoisotopic (exact) mass is 456 g/mol. The Kier molecular flexibility index (Phi) is 8.18. The fourth-order valence-corrected chi connectivity index (χ4v) is 4.61. The molecule has 6 nitrogen and oxygen atoms in total. The highest BCUT2D eigenvalue weighted by Gasteiger charge is 2.27. The zero-order valence-electron chi connectivity index (χ0n) is 19.3. The van der Waals surface area contributed by atoms with Gasteiger partial charge in [0.2, 0.25) is 0 Å². The van der Waals surface area contributed by atoms with Crippen LogP contribution in [0.1, 0.15) is 41.6 Å². The molecule has 0 radical (unpaired) electrons. The van der Waals surface area contributed by atoms with Crippen molar-refractivity contribution in [3.8, 4) is 11.5 Å². The van der Waals surface area contributed by atoms with Crippen molar-refractivity contribution in [2.24, 2.45) is 0 Å². The summed E-state index contributed by atoms with van der Waals surface area (Å²) in [5.74, 6) is 0.935. The first kappa shape index (κ1) is 23.5. The summed E-state index contributed by atoms with van der Waals surface area (Å²) in [7, 11) is 1.64. The predicted octanol–water partition coefficient (Wildman–Crippen LogP) is 4.13. The number of nitrogens with zero attached hydrogens (tertiary/aromatic N) is 2. The number of halogens is 1. The fraction of sp³-hybridized carbons (Fsp3) is 0.500. The molecule has 2 aromatic rings. The summed E-state index contributed by atoms with van der Waals surface area (Å²) >= 11 is 0. The quantitative estimate of drug-likeness (QED) is 0.598. The Bertz CT molecular complexity index is 932. The summed E-state index contributed by atoms with van der Waals surface area (Å²) in [5.41, 5.74) is 1.58. The van der Waals surface area contributed by atoms with Gasteiger partial charge in [-0.1, -0.05) is 12.1 Å². The molecule has 0 bridgehead atoms. The lowest BCUT2D eigenvalue weighted by Crippen LogP contribution is -2.44. The first-order valence-electron chi connectivity index (χ1n) is 11.8. The van der Waals surface area contributed by atoms with Gasteiger partial charge in [-0.2, -0.15) is 0 Å². The molecule has 0 aromatic heterocycles. The van der Waals surface area contributed by atoms with Crippen molar-refractivity contribution in [2.45, 2.75) is 38.3 Å². The Balaban J connectivity index is 1.37. The topological polar surface area (TPSA) is 51.2 Å². The largest absolute Gasteiger partial charge is 0.493 e. The van der Waals surface area contributed by atoms with E-state index in [0.29, 0.717) is 24.5 Å². The molecule has 2 aliphatic rings. The van der Waals surface area contributed by atoms with E-state index in [1.807, 2.05) is 17.0 Å². The minimum absolute atomic E-state index is 0.0806. The molecule has 0 N–H and O–H groups in total. The maximum Gasteiger partial charge on any atom is 0.254 e. The van der Waals surface area contributed by atoms with Crippen LogP contribution >= 0.6 is 0 Å². The van der Waals surface area contributed by atoms with Crippen molar-refractivity contribution in [1.29, 1.82) is 0 Å². The second kappa shape index (κ2) is 11.5. The molecule has 2 aromatic carbocycles. The minimum Gasteiger partial charge on any atom is -0.493 e. The lowest BCUT2D eigenvalue weighted by atomic mass is 9.98. The molecular formula is C26H33FN2O4. The number of rotatable bonds is 8. The van der Waals surface area contributed by atoms with Gasteiger partial charge in [0, 0.05) is 44.2 Å². The number of likely N-dealkylation sites (tertiary alicyclic amines) is 1. The second-order valence-corrected chi connectivity index (χ2v) is 8.67. The lowest BCUT2D eigenvalue weighted by molar-refractivity contribution is 0.0341. The number of piperidine rings is 1. The standard InChI is InChI=1S/C26H33FN2O4/c1-31-24-9-8-20(19-28-12-15-32-16-13-28)17-25(24)33-14-10-23-7-2-3-11-29(23)26(30)21-5-4-6-22(27)18-21/h4-6,8-9,17-18,23H,2-3,7,10-16,19H2,1H3/t23-/m1/s1. The third-order valence-electron chi connectivity index (χ3n) is 6.41. The third kappa shape index (κ3) is 6.24. The molecule has 0 aliphatic carbocycles. The van der Waals surface area contributed by atoms with E-state index in [1.54, 1.807) is 19.2 Å². The number of hydrogen-bond donors (Lipinski definition) is 0. The van der Waals surface area contributed by atoms with Crippen molar-refractivity contribution in [3.63, 3.8) is 0 Å². The van der Waals surface area contributed by atoms with Gasteiger partial charge in [0.25, 0.3) is 5.91 Å². The van der Waals surface area contributed by atoms with Crippen molar-refractivity contribution in [2.75, 3.05) is 46.6 Å². The van der Waals surface area contributed by atoms with E-state index >= 15 is 0 Å². The molecule has 33 heavy (non-hydrogen) atoms. The Morgan fingerprint density at radius 3 is 2.73 bits per heavy atom. The van der Waals surface area contributed by atoms with E-state index < -0.39 is 0 Å². The summed E-state index contributed by atoms with van der Waals surface area (Å²) in [5, 5.41) is 0. The average molecular weight is 457 g/mol. The highest BCUT2D eigenvalue weighted by atomic mass is 19.1. The average Bonchev–Trinajstić information content (AvgIpc) is 2.85. The number of benzene rings is 2. The van der Waals surface area contributed by atoms with Crippen LogP contribution in [-0.2, 0) is 11.3 Å². The molecule has 2 saturated heterocycles. The number of hydrogen-bond acceptors (Lipinski definition) is 5. The zero-order valence-corrected chi connectivity index (χ0v) is 19.3. The Morgan fingerprint density at radius 2 is 1.94 bits per heavy atom. The van der Waals surface area contributed by atoms with Crippen LogP contribution in [0.3, 0.4) is 0 Å². The van der Waals surface area contributed by atoms with Gasteiger partial charge in [-0.15, -0.1) is 0 Å². The van der Waals surface area contributed by atoms with Crippen molar-refractivity contribution in [3.05, 3.63) is 59.4 Å². The Labute approximate surface area is 195 Å². The Morgan fingerprint density at radius 1 is 1.09 bits per heavy atom. The van der Waals surface area contributed by atoms with Crippen LogP contribution in [0.2, 0.25) is 0 Å². The van der Waals surface area contributed by atoms with Gasteiger partial charge in [-0.3, -0.25) is 9.69 Å². The molecule has 0 spiro atoms. The van der Waals surface area contributed by atoms with E-state index in [2.05, 4.69) is 11.0 Å². The van der Waals surface area contributed by atoms with Crippen LogP contribution in [0.15, 0.2) is 42.5 Å². The van der Waals surface area contributed by atoms with Crippen LogP contribution in [-0.4, -0.2) is 68.3 Å². The lowest BCUT2D eigenvalue weighted by Gasteiger charge is -2.36. The van der Waals surface area contributed by atoms with E-state index in [0.717, 1.165) is 64.3 Å². The first-order valence-corrected chi connectivity index (χ1v) is 11.8. The molecule has 7 heteroatoms. The molecule has 178 valence electrons. The minimum atomic E-state index is -0.387. The van der Waals surface area contributed by atoms with Crippen molar-refractivity contribution in [1.82, 2.24) is 9.80 Å². The first-order chi connectivity index (χ1) is 16.1. The molecule has 0 saturated carbocycles. The second-order valence-electron chi connectivity index (χ2n) is 8.67. The van der Waals surface area contributed by atoms with Gasteiger partial charge in [0.05, 0.1) is 26.9 Å². The highest BCUT2D eigenvalue weighted by molar-refractivity contribution is 5.94. The molecule has 4 rings (SSSR count). The van der Waals surface area contributed by atoms with Crippen LogP contribution < -0.4 is 9.47 Å². The van der Waals surface area contributed by atoms with Gasteiger partial charge in [0.15, 0.2) is 11.5 Å². The molecule has 1 atom stereocenters. The van der Waals surface area contributed by atoms with Crippen molar-refractivity contribution < 1.29 is 23.4 Å². The van der Waals surface area contributed by atoms with Gasteiger partial charge in [-0.25, -0.2) is 4.39 Å². The maximum atomic E-state index is 13.6. The van der Waals surface area contributed by atoms with Crippen LogP contribution in [0.5, 0.6) is 11.5 Å². The number of morpholine rings is 1. The summed E-state index contributed by atoms with van der Waals surface area (Å²) in [6.07, 6.45) is 3.70. The third-order valence-corrected chi connectivity index (χ3v) is 6.41. The predicted molar refractivity (Wildman–Crippen MR) is 124 cm³/mol. The number of carbonyl (C=O) groups excluding carboxylic acids is 1. The van der Waals surface area contributed by atoms with E-state index in [-0.39, 0.29) is 17.8 Å². The summed E-state index contributed by atoms with van der Waals surface area (Å²) in [6.45, 7) is 5.42. The number of amides is 1. The van der Waals surface area contributed by atoms with E-state index in [1.165, 1.54) is 17.7 Å². The molecular weight excluding hydrogens is 423 g/mol. The normalized spacial score (nSPS) is 19.3. The Hall–Kier alpha value is -2.64. The van der Waals surface area contributed by atoms with Gasteiger partial charge >= 0.3 is 0 Å². The van der Waals surface area contributed by atoms with Crippen LogP contribution in [0, 0.1) is 5.82 Å². The van der Waals surface area contributed by atoms with Crippen molar-refractivity contribution >= 4 is 5.91 Å². The number of methoxy groups -OCH3 is 1. The van der Waals surface area contributed by atoms with Gasteiger partial charge in [-0.05, 0) is 55.2 Å². The smallest absolute Gasteiger partial charge is 0.254 e. The molecule has 0 unspecified atom stereocenters. The summed E-state index contributed by atoms with van der Waals surface area (Å²) in [4.78, 5) is 17.3. The van der Waals surface area contributed by atoms with E-state index in [4.69, 9.17) is 14.2 Å². The molecule has 2 fully saturated rings. The van der Waals surface area contributed by atoms with Gasteiger partial charge < -0.3 is 19.1 Å². The SMILES string of the molecule is COc1ccc(CN2CCOCC2)cc1OCC[C@H]1CCCCN1C(=O)c1cccc(F)c1. The molecule has 2 aliphatic heterocycles.